The second-order valence-corrected chi connectivity index (χ2v) is 6.49. The van der Waals surface area contributed by atoms with E-state index in [-0.39, 0.29) is 11.3 Å². The summed E-state index contributed by atoms with van der Waals surface area (Å²) in [6, 6.07) is 0.447. The Morgan fingerprint density at radius 2 is 1.59 bits per heavy atom. The van der Waals surface area contributed by atoms with Gasteiger partial charge in [0, 0.05) is 19.5 Å². The molecule has 2 N–H and O–H groups in total. The molecule has 0 saturated carbocycles. The molecule has 1 saturated heterocycles. The van der Waals surface area contributed by atoms with Gasteiger partial charge >= 0.3 is 12.1 Å². The molecule has 5 nitrogen and oxygen atoms in total. The fourth-order valence-corrected chi connectivity index (χ4v) is 2.13. The van der Waals surface area contributed by atoms with Crippen LogP contribution in [-0.4, -0.2) is 53.7 Å². The molecule has 0 unspecified atom stereocenters. The van der Waals surface area contributed by atoms with Gasteiger partial charge in [0.25, 0.3) is 0 Å². The lowest BCUT2D eigenvalue weighted by atomic mass is 9.93. The number of carboxylic acids is 1. The molecule has 0 spiro atoms. The molecule has 0 aromatic rings. The minimum Gasteiger partial charge on any atom is -0.475 e. The van der Waals surface area contributed by atoms with Crippen molar-refractivity contribution < 1.29 is 27.9 Å². The molecule has 1 heterocycles. The van der Waals surface area contributed by atoms with Gasteiger partial charge in [0.15, 0.2) is 0 Å². The summed E-state index contributed by atoms with van der Waals surface area (Å²) < 4.78 is 31.7. The van der Waals surface area contributed by atoms with Crippen LogP contribution < -0.4 is 5.32 Å². The summed E-state index contributed by atoms with van der Waals surface area (Å²) in [6.45, 7) is 11.2. The fourth-order valence-electron chi connectivity index (χ4n) is 2.13. The molecule has 1 aliphatic rings. The Labute approximate surface area is 128 Å². The Morgan fingerprint density at radius 1 is 1.18 bits per heavy atom. The van der Waals surface area contributed by atoms with Gasteiger partial charge in [0.05, 0.1) is 0 Å². The maximum absolute atomic E-state index is 11.6. The first-order chi connectivity index (χ1) is 9.84. The summed E-state index contributed by atoms with van der Waals surface area (Å²) in [7, 11) is 0. The Bertz CT molecular complexity index is 373. The van der Waals surface area contributed by atoms with Gasteiger partial charge in [-0.25, -0.2) is 4.79 Å². The number of carbonyl (C=O) groups is 2. The number of carboxylic acid groups (broad SMARTS) is 1. The highest BCUT2D eigenvalue weighted by Gasteiger charge is 2.38. The van der Waals surface area contributed by atoms with Gasteiger partial charge < -0.3 is 15.3 Å². The normalized spacial score (nSPS) is 16.5. The molecule has 0 aliphatic carbocycles. The molecule has 0 aromatic carbocycles. The number of hydrogen-bond donors (Lipinski definition) is 2. The van der Waals surface area contributed by atoms with Gasteiger partial charge in [-0.05, 0) is 31.3 Å². The largest absolute Gasteiger partial charge is 0.490 e. The minimum atomic E-state index is -5.08. The lowest BCUT2D eigenvalue weighted by Gasteiger charge is -2.38. The molecular formula is C14H25F3N2O3. The lowest BCUT2D eigenvalue weighted by molar-refractivity contribution is -0.192. The van der Waals surface area contributed by atoms with E-state index in [2.05, 4.69) is 31.0 Å². The standard InChI is InChI=1S/C12H24N2O.C2HF3O2/c1-10(15)14(9-12(2,3)4)11-5-7-13-8-6-11;3-2(4,5)1(6)7/h11,13H,5-9H2,1-4H3;(H,6,7). The summed E-state index contributed by atoms with van der Waals surface area (Å²) >= 11 is 0. The smallest absolute Gasteiger partial charge is 0.475 e. The highest BCUT2D eigenvalue weighted by molar-refractivity contribution is 5.73. The van der Waals surface area contributed by atoms with Crippen LogP contribution in [0.5, 0.6) is 0 Å². The molecular weight excluding hydrogens is 301 g/mol. The van der Waals surface area contributed by atoms with Crippen molar-refractivity contribution in [2.75, 3.05) is 19.6 Å². The maximum atomic E-state index is 11.6. The molecule has 22 heavy (non-hydrogen) atoms. The van der Waals surface area contributed by atoms with Crippen molar-refractivity contribution in [2.24, 2.45) is 5.41 Å². The van der Waals surface area contributed by atoms with E-state index in [1.165, 1.54) is 0 Å². The van der Waals surface area contributed by atoms with Gasteiger partial charge in [-0.1, -0.05) is 20.8 Å². The van der Waals surface area contributed by atoms with Crippen LogP contribution in [0.2, 0.25) is 0 Å². The predicted molar refractivity (Wildman–Crippen MR) is 76.4 cm³/mol. The minimum absolute atomic E-state index is 0.191. The number of piperidine rings is 1. The van der Waals surface area contributed by atoms with Crippen LogP contribution in [-0.2, 0) is 9.59 Å². The van der Waals surface area contributed by atoms with Crippen LogP contribution in [0.3, 0.4) is 0 Å². The second-order valence-electron chi connectivity index (χ2n) is 6.49. The first-order valence-corrected chi connectivity index (χ1v) is 7.12. The molecule has 0 aromatic heterocycles. The summed E-state index contributed by atoms with van der Waals surface area (Å²) in [4.78, 5) is 22.6. The van der Waals surface area contributed by atoms with Gasteiger partial charge in [-0.15, -0.1) is 0 Å². The van der Waals surface area contributed by atoms with Crippen LogP contribution in [0.15, 0.2) is 0 Å². The molecule has 1 rings (SSSR count). The lowest BCUT2D eigenvalue weighted by Crippen LogP contribution is -2.48. The van der Waals surface area contributed by atoms with E-state index in [9.17, 15) is 18.0 Å². The van der Waals surface area contributed by atoms with Gasteiger partial charge in [0.2, 0.25) is 5.91 Å². The summed E-state index contributed by atoms with van der Waals surface area (Å²) in [5.41, 5.74) is 0.191. The number of aliphatic carboxylic acids is 1. The number of amides is 1. The Hall–Kier alpha value is -1.31. The van der Waals surface area contributed by atoms with E-state index in [0.29, 0.717) is 6.04 Å². The van der Waals surface area contributed by atoms with Crippen molar-refractivity contribution in [1.29, 1.82) is 0 Å². The van der Waals surface area contributed by atoms with Crippen LogP contribution >= 0.6 is 0 Å². The number of nitrogens with zero attached hydrogens (tertiary/aromatic N) is 1. The Morgan fingerprint density at radius 3 is 1.86 bits per heavy atom. The van der Waals surface area contributed by atoms with Crippen molar-refractivity contribution in [3.8, 4) is 0 Å². The molecule has 130 valence electrons. The van der Waals surface area contributed by atoms with Crippen molar-refractivity contribution in [3.63, 3.8) is 0 Å². The molecule has 1 amide bonds. The number of rotatable bonds is 2. The molecule has 8 heteroatoms. The van der Waals surface area contributed by atoms with Crippen LogP contribution in [0.4, 0.5) is 13.2 Å². The summed E-state index contributed by atoms with van der Waals surface area (Å²) in [5.74, 6) is -2.54. The summed E-state index contributed by atoms with van der Waals surface area (Å²) in [5, 5.41) is 10.5. The highest BCUT2D eigenvalue weighted by Crippen LogP contribution is 2.20. The van der Waals surface area contributed by atoms with Crippen LogP contribution in [0.1, 0.15) is 40.5 Å². The average Bonchev–Trinajstić information content (AvgIpc) is 2.35. The quantitative estimate of drug-likeness (QED) is 0.817. The zero-order valence-electron chi connectivity index (χ0n) is 13.5. The molecule has 1 aliphatic heterocycles. The van der Waals surface area contributed by atoms with Crippen molar-refractivity contribution in [2.45, 2.75) is 52.8 Å². The van der Waals surface area contributed by atoms with Crippen molar-refractivity contribution >= 4 is 11.9 Å². The van der Waals surface area contributed by atoms with E-state index in [0.717, 1.165) is 32.5 Å². The number of alkyl halides is 3. The molecule has 0 bridgehead atoms. The number of carbonyl (C=O) groups excluding carboxylic acids is 1. The van der Waals surface area contributed by atoms with E-state index >= 15 is 0 Å². The van der Waals surface area contributed by atoms with E-state index in [4.69, 9.17) is 9.90 Å². The first kappa shape index (κ1) is 20.7. The average molecular weight is 326 g/mol. The van der Waals surface area contributed by atoms with Gasteiger partial charge in [0.1, 0.15) is 0 Å². The SMILES string of the molecule is CC(=O)N(CC(C)(C)C)C1CCNCC1.O=C(O)C(F)(F)F. The van der Waals surface area contributed by atoms with E-state index in [1.54, 1.807) is 6.92 Å². The zero-order chi connectivity index (χ0) is 17.6. The third-order valence-electron chi connectivity index (χ3n) is 3.04. The molecule has 0 atom stereocenters. The number of hydrogen-bond acceptors (Lipinski definition) is 3. The second kappa shape index (κ2) is 8.36. The third-order valence-corrected chi connectivity index (χ3v) is 3.04. The molecule has 1 fully saturated rings. The highest BCUT2D eigenvalue weighted by atomic mass is 19.4. The maximum Gasteiger partial charge on any atom is 0.490 e. The predicted octanol–water partition coefficient (Wildman–Crippen LogP) is 2.27. The van der Waals surface area contributed by atoms with E-state index in [1.807, 2.05) is 0 Å². The van der Waals surface area contributed by atoms with Crippen LogP contribution in [0.25, 0.3) is 0 Å². The summed E-state index contributed by atoms with van der Waals surface area (Å²) in [6.07, 6.45) is -2.90. The topological polar surface area (TPSA) is 69.6 Å². The Balaban J connectivity index is 0.000000534. The third kappa shape index (κ3) is 8.86. The van der Waals surface area contributed by atoms with Crippen molar-refractivity contribution in [1.82, 2.24) is 10.2 Å². The fraction of sp³-hybridized carbons (Fsp3) is 0.857. The van der Waals surface area contributed by atoms with Crippen LogP contribution in [0, 0.1) is 5.41 Å². The molecule has 0 radical (unpaired) electrons. The zero-order valence-corrected chi connectivity index (χ0v) is 13.5. The van der Waals surface area contributed by atoms with Gasteiger partial charge in [-0.3, -0.25) is 4.79 Å². The Kier molecular flexibility index (Phi) is 7.86. The first-order valence-electron chi connectivity index (χ1n) is 7.12. The number of nitrogens with one attached hydrogen (secondary N) is 1. The monoisotopic (exact) mass is 326 g/mol. The van der Waals surface area contributed by atoms with Gasteiger partial charge in [-0.2, -0.15) is 13.2 Å². The van der Waals surface area contributed by atoms with E-state index < -0.39 is 12.1 Å². The van der Waals surface area contributed by atoms with Crippen molar-refractivity contribution in [3.05, 3.63) is 0 Å². The number of halogens is 3.